The predicted octanol–water partition coefficient (Wildman–Crippen LogP) is 1.25. The Labute approximate surface area is 109 Å². The molecule has 0 saturated heterocycles. The minimum atomic E-state index is -0.168. The summed E-state index contributed by atoms with van der Waals surface area (Å²) >= 11 is 0. The number of aliphatic hydroxyl groups is 1. The van der Waals surface area contributed by atoms with E-state index in [0.29, 0.717) is 5.56 Å². The fraction of sp³-hybridized carbons (Fsp3) is 0.500. The Bertz CT molecular complexity index is 370. The zero-order chi connectivity index (χ0) is 13.5. The number of aliphatic hydroxyl groups excluding tert-OH is 1. The molecule has 1 aromatic carbocycles. The van der Waals surface area contributed by atoms with Crippen molar-refractivity contribution >= 4 is 5.91 Å². The lowest BCUT2D eigenvalue weighted by Crippen LogP contribution is -2.36. The average Bonchev–Trinajstić information content (AvgIpc) is 2.35. The third-order valence-electron chi connectivity index (χ3n) is 2.76. The van der Waals surface area contributed by atoms with Crippen LogP contribution in [-0.2, 0) is 6.54 Å². The second-order valence-corrected chi connectivity index (χ2v) is 4.70. The van der Waals surface area contributed by atoms with E-state index in [2.05, 4.69) is 10.2 Å². The molecule has 0 aliphatic heterocycles. The predicted molar refractivity (Wildman–Crippen MR) is 72.5 cm³/mol. The van der Waals surface area contributed by atoms with Crippen LogP contribution in [0.1, 0.15) is 29.3 Å². The Morgan fingerprint density at radius 3 is 2.39 bits per heavy atom. The van der Waals surface area contributed by atoms with Crippen molar-refractivity contribution < 1.29 is 9.90 Å². The van der Waals surface area contributed by atoms with Crippen LogP contribution >= 0.6 is 0 Å². The molecule has 0 aliphatic carbocycles. The zero-order valence-corrected chi connectivity index (χ0v) is 11.3. The highest BCUT2D eigenvalue weighted by atomic mass is 16.3. The lowest BCUT2D eigenvalue weighted by Gasteiger charge is -2.14. The summed E-state index contributed by atoms with van der Waals surface area (Å²) < 4.78 is 0. The summed E-state index contributed by atoms with van der Waals surface area (Å²) in [6.07, 6.45) is 0.723. The van der Waals surface area contributed by atoms with Gasteiger partial charge in [-0.25, -0.2) is 0 Å². The molecule has 1 unspecified atom stereocenters. The van der Waals surface area contributed by atoms with Gasteiger partial charge in [0.05, 0.1) is 12.6 Å². The van der Waals surface area contributed by atoms with Crippen LogP contribution < -0.4 is 5.32 Å². The standard InChI is InChI=1S/C14H22N2O2/c1-4-13(10-17)15-14(18)12-7-5-11(6-8-12)9-16(2)3/h5-8,13,17H,4,9-10H2,1-3H3,(H,15,18). The van der Waals surface area contributed by atoms with Crippen molar-refractivity contribution in [3.63, 3.8) is 0 Å². The molecule has 1 rings (SSSR count). The lowest BCUT2D eigenvalue weighted by atomic mass is 10.1. The van der Waals surface area contributed by atoms with Gasteiger partial charge >= 0.3 is 0 Å². The van der Waals surface area contributed by atoms with Crippen molar-refractivity contribution in [1.82, 2.24) is 10.2 Å². The number of rotatable bonds is 6. The molecule has 18 heavy (non-hydrogen) atoms. The van der Waals surface area contributed by atoms with Crippen LogP contribution in [0, 0.1) is 0 Å². The van der Waals surface area contributed by atoms with E-state index in [0.717, 1.165) is 13.0 Å². The van der Waals surface area contributed by atoms with Crippen LogP contribution in [0.15, 0.2) is 24.3 Å². The van der Waals surface area contributed by atoms with Gasteiger partial charge in [-0.3, -0.25) is 4.79 Å². The molecule has 100 valence electrons. The molecule has 4 heteroatoms. The van der Waals surface area contributed by atoms with Gasteiger partial charge in [0, 0.05) is 12.1 Å². The van der Waals surface area contributed by atoms with Crippen LogP contribution in [0.5, 0.6) is 0 Å². The normalized spacial score (nSPS) is 12.5. The Hall–Kier alpha value is -1.39. The number of nitrogens with zero attached hydrogens (tertiary/aromatic N) is 1. The van der Waals surface area contributed by atoms with Crippen molar-refractivity contribution in [2.45, 2.75) is 25.9 Å². The summed E-state index contributed by atoms with van der Waals surface area (Å²) in [6.45, 7) is 2.76. The second-order valence-electron chi connectivity index (χ2n) is 4.70. The molecular formula is C14H22N2O2. The van der Waals surface area contributed by atoms with E-state index >= 15 is 0 Å². The highest BCUT2D eigenvalue weighted by Gasteiger charge is 2.10. The van der Waals surface area contributed by atoms with Gasteiger partial charge in [0.15, 0.2) is 0 Å². The van der Waals surface area contributed by atoms with Crippen molar-refractivity contribution in [3.8, 4) is 0 Å². The van der Waals surface area contributed by atoms with E-state index < -0.39 is 0 Å². The first-order valence-electron chi connectivity index (χ1n) is 6.22. The number of nitrogens with one attached hydrogen (secondary N) is 1. The summed E-state index contributed by atoms with van der Waals surface area (Å²) in [7, 11) is 4.02. The third kappa shape index (κ3) is 4.47. The van der Waals surface area contributed by atoms with E-state index in [1.165, 1.54) is 5.56 Å². The molecule has 0 aromatic heterocycles. The van der Waals surface area contributed by atoms with Crippen molar-refractivity contribution in [1.29, 1.82) is 0 Å². The first-order valence-corrected chi connectivity index (χ1v) is 6.22. The Morgan fingerprint density at radius 1 is 1.33 bits per heavy atom. The average molecular weight is 250 g/mol. The van der Waals surface area contributed by atoms with Crippen LogP contribution in [0.25, 0.3) is 0 Å². The largest absolute Gasteiger partial charge is 0.394 e. The summed E-state index contributed by atoms with van der Waals surface area (Å²) in [5, 5.41) is 11.8. The van der Waals surface area contributed by atoms with Gasteiger partial charge in [0.1, 0.15) is 0 Å². The fourth-order valence-electron chi connectivity index (χ4n) is 1.67. The summed E-state index contributed by atoms with van der Waals surface area (Å²) in [6, 6.07) is 7.37. The number of carbonyl (C=O) groups excluding carboxylic acids is 1. The topological polar surface area (TPSA) is 52.6 Å². The number of hydrogen-bond donors (Lipinski definition) is 2. The molecule has 4 nitrogen and oxygen atoms in total. The minimum Gasteiger partial charge on any atom is -0.394 e. The van der Waals surface area contributed by atoms with Gasteiger partial charge < -0.3 is 15.3 Å². The third-order valence-corrected chi connectivity index (χ3v) is 2.76. The van der Waals surface area contributed by atoms with Crippen molar-refractivity contribution in [2.75, 3.05) is 20.7 Å². The van der Waals surface area contributed by atoms with Crippen LogP contribution in [-0.4, -0.2) is 42.7 Å². The van der Waals surface area contributed by atoms with Crippen molar-refractivity contribution in [3.05, 3.63) is 35.4 Å². The molecular weight excluding hydrogens is 228 g/mol. The van der Waals surface area contributed by atoms with Gasteiger partial charge in [-0.15, -0.1) is 0 Å². The lowest BCUT2D eigenvalue weighted by molar-refractivity contribution is 0.0915. The Kier molecular flexibility index (Phi) is 5.82. The van der Waals surface area contributed by atoms with E-state index in [-0.39, 0.29) is 18.6 Å². The van der Waals surface area contributed by atoms with Gasteiger partial charge in [-0.2, -0.15) is 0 Å². The van der Waals surface area contributed by atoms with Crippen LogP contribution in [0.2, 0.25) is 0 Å². The fourth-order valence-corrected chi connectivity index (χ4v) is 1.67. The minimum absolute atomic E-state index is 0.0268. The summed E-state index contributed by atoms with van der Waals surface area (Å²) in [5.41, 5.74) is 1.80. The van der Waals surface area contributed by atoms with E-state index in [1.54, 1.807) is 0 Å². The first kappa shape index (κ1) is 14.7. The molecule has 0 aliphatic rings. The quantitative estimate of drug-likeness (QED) is 0.799. The number of benzene rings is 1. The van der Waals surface area contributed by atoms with Gasteiger partial charge in [0.2, 0.25) is 0 Å². The molecule has 0 bridgehead atoms. The van der Waals surface area contributed by atoms with Crippen LogP contribution in [0.4, 0.5) is 0 Å². The van der Waals surface area contributed by atoms with Crippen molar-refractivity contribution in [2.24, 2.45) is 0 Å². The molecule has 0 radical (unpaired) electrons. The molecule has 0 spiro atoms. The maximum Gasteiger partial charge on any atom is 0.251 e. The van der Waals surface area contributed by atoms with Gasteiger partial charge in [-0.05, 0) is 38.2 Å². The highest BCUT2D eigenvalue weighted by molar-refractivity contribution is 5.94. The molecule has 0 heterocycles. The van der Waals surface area contributed by atoms with Gasteiger partial charge in [-0.1, -0.05) is 19.1 Å². The molecule has 0 saturated carbocycles. The van der Waals surface area contributed by atoms with E-state index in [1.807, 2.05) is 45.3 Å². The van der Waals surface area contributed by atoms with E-state index in [4.69, 9.17) is 5.11 Å². The monoisotopic (exact) mass is 250 g/mol. The molecule has 1 amide bonds. The number of carbonyl (C=O) groups is 1. The number of hydrogen-bond acceptors (Lipinski definition) is 3. The molecule has 1 aromatic rings. The summed E-state index contributed by atoms with van der Waals surface area (Å²) in [4.78, 5) is 14.0. The second kappa shape index (κ2) is 7.13. The maximum absolute atomic E-state index is 11.9. The molecule has 0 fully saturated rings. The SMILES string of the molecule is CCC(CO)NC(=O)c1ccc(CN(C)C)cc1. The maximum atomic E-state index is 11.9. The van der Waals surface area contributed by atoms with Gasteiger partial charge in [0.25, 0.3) is 5.91 Å². The van der Waals surface area contributed by atoms with Crippen LogP contribution in [0.3, 0.4) is 0 Å². The number of amides is 1. The molecule has 2 N–H and O–H groups in total. The summed E-state index contributed by atoms with van der Waals surface area (Å²) in [5.74, 6) is -0.132. The Morgan fingerprint density at radius 2 is 1.94 bits per heavy atom. The highest BCUT2D eigenvalue weighted by Crippen LogP contribution is 2.06. The first-order chi connectivity index (χ1) is 8.56. The Balaban J connectivity index is 2.64. The zero-order valence-electron chi connectivity index (χ0n) is 11.3. The molecule has 1 atom stereocenters. The smallest absolute Gasteiger partial charge is 0.251 e. The van der Waals surface area contributed by atoms with E-state index in [9.17, 15) is 4.79 Å².